The third-order valence-electron chi connectivity index (χ3n) is 4.68. The number of tetrazole rings is 1. The topological polar surface area (TPSA) is 90.5 Å². The van der Waals surface area contributed by atoms with Gasteiger partial charge in [0.1, 0.15) is 11.7 Å². The molecule has 1 aliphatic rings. The Morgan fingerprint density at radius 2 is 1.70 bits per heavy atom. The molecule has 4 aromatic rings. The summed E-state index contributed by atoms with van der Waals surface area (Å²) in [4.78, 5) is 13.2. The van der Waals surface area contributed by atoms with Crippen molar-refractivity contribution in [3.05, 3.63) is 87.8 Å². The highest BCUT2D eigenvalue weighted by Gasteiger charge is 2.33. The van der Waals surface area contributed by atoms with Crippen LogP contribution in [0.3, 0.4) is 0 Å². The van der Waals surface area contributed by atoms with E-state index >= 15 is 0 Å². The second-order valence-corrected chi connectivity index (χ2v) is 6.31. The molecule has 5 rings (SSSR count). The lowest BCUT2D eigenvalue weighted by Gasteiger charge is -2.28. The summed E-state index contributed by atoms with van der Waals surface area (Å²) in [5.41, 5.74) is 3.40. The van der Waals surface area contributed by atoms with Crippen LogP contribution in [0.25, 0.3) is 5.69 Å². The first-order valence-electron chi connectivity index (χ1n) is 8.53. The zero-order chi connectivity index (χ0) is 18.4. The Morgan fingerprint density at radius 3 is 2.44 bits per heavy atom. The number of nitrogens with zero attached hydrogens (tertiary/aromatic N) is 6. The Bertz CT molecular complexity index is 1180. The fourth-order valence-corrected chi connectivity index (χ4v) is 3.48. The quantitative estimate of drug-likeness (QED) is 0.521. The van der Waals surface area contributed by atoms with E-state index in [-0.39, 0.29) is 11.6 Å². The molecule has 132 valence electrons. The number of hydrogen-bond acceptors (Lipinski definition) is 6. The van der Waals surface area contributed by atoms with Crippen molar-refractivity contribution in [1.29, 1.82) is 0 Å². The largest absolute Gasteiger partial charge is 0.318 e. The summed E-state index contributed by atoms with van der Waals surface area (Å²) in [5, 5.41) is 19.6. The van der Waals surface area contributed by atoms with Crippen LogP contribution in [0, 0.1) is 6.92 Å². The van der Waals surface area contributed by atoms with Gasteiger partial charge >= 0.3 is 0 Å². The molecule has 0 amide bonds. The minimum Gasteiger partial charge on any atom is -0.318 e. The van der Waals surface area contributed by atoms with Gasteiger partial charge in [-0.2, -0.15) is 14.5 Å². The zero-order valence-corrected chi connectivity index (χ0v) is 14.4. The van der Waals surface area contributed by atoms with Crippen LogP contribution in [-0.4, -0.2) is 30.0 Å². The van der Waals surface area contributed by atoms with Crippen LogP contribution in [-0.2, 0) is 0 Å². The van der Waals surface area contributed by atoms with Gasteiger partial charge in [0.15, 0.2) is 0 Å². The molecule has 1 atom stereocenters. The average molecular weight is 357 g/mol. The zero-order valence-electron chi connectivity index (χ0n) is 14.4. The monoisotopic (exact) mass is 357 g/mol. The van der Waals surface area contributed by atoms with Crippen molar-refractivity contribution in [3.63, 3.8) is 0 Å². The van der Waals surface area contributed by atoms with E-state index in [0.29, 0.717) is 17.3 Å². The predicted molar refractivity (Wildman–Crippen MR) is 99.4 cm³/mol. The van der Waals surface area contributed by atoms with Gasteiger partial charge in [0.05, 0.1) is 11.4 Å². The van der Waals surface area contributed by atoms with E-state index in [9.17, 15) is 4.79 Å². The van der Waals surface area contributed by atoms with E-state index in [1.165, 1.54) is 4.68 Å². The van der Waals surface area contributed by atoms with E-state index < -0.39 is 0 Å². The SMILES string of the molecule is Cc1nn(-c2ccccc2)c(=O)c2c1C(c1ccccc1)n1nnnc1N2. The first kappa shape index (κ1) is 15.4. The van der Waals surface area contributed by atoms with E-state index in [0.717, 1.165) is 16.8 Å². The molecule has 3 heterocycles. The first-order valence-corrected chi connectivity index (χ1v) is 8.53. The maximum Gasteiger partial charge on any atom is 0.295 e. The summed E-state index contributed by atoms with van der Waals surface area (Å²) in [6.07, 6.45) is 0. The number of nitrogens with one attached hydrogen (secondary N) is 1. The Hall–Kier alpha value is -3.81. The van der Waals surface area contributed by atoms with Crippen LogP contribution in [0.1, 0.15) is 22.9 Å². The van der Waals surface area contributed by atoms with Gasteiger partial charge in [0, 0.05) is 5.56 Å². The van der Waals surface area contributed by atoms with Crippen LogP contribution in [0.2, 0.25) is 0 Å². The molecule has 0 radical (unpaired) electrons. The third-order valence-corrected chi connectivity index (χ3v) is 4.68. The number of para-hydroxylation sites is 1. The Labute approximate surface area is 154 Å². The molecule has 27 heavy (non-hydrogen) atoms. The lowest BCUT2D eigenvalue weighted by atomic mass is 9.95. The predicted octanol–water partition coefficient (Wildman–Crippen LogP) is 2.22. The molecule has 0 aliphatic carbocycles. The second kappa shape index (κ2) is 5.87. The van der Waals surface area contributed by atoms with E-state index in [1.54, 1.807) is 4.68 Å². The normalized spacial score (nSPS) is 14.9. The van der Waals surface area contributed by atoms with Crippen LogP contribution >= 0.6 is 0 Å². The fourth-order valence-electron chi connectivity index (χ4n) is 3.48. The van der Waals surface area contributed by atoms with Crippen LogP contribution in [0.15, 0.2) is 65.5 Å². The van der Waals surface area contributed by atoms with Crippen LogP contribution < -0.4 is 10.9 Å². The lowest BCUT2D eigenvalue weighted by Crippen LogP contribution is -2.33. The Morgan fingerprint density at radius 1 is 1.00 bits per heavy atom. The first-order chi connectivity index (χ1) is 13.2. The molecular formula is C19H15N7O. The van der Waals surface area contributed by atoms with E-state index in [4.69, 9.17) is 0 Å². The molecule has 1 unspecified atom stereocenters. The molecule has 0 saturated heterocycles. The summed E-state index contributed by atoms with van der Waals surface area (Å²) in [6.45, 7) is 1.89. The molecule has 1 aliphatic heterocycles. The molecule has 8 nitrogen and oxygen atoms in total. The lowest BCUT2D eigenvalue weighted by molar-refractivity contribution is 0.559. The Balaban J connectivity index is 1.79. The van der Waals surface area contributed by atoms with Gasteiger partial charge in [-0.3, -0.25) is 4.79 Å². The van der Waals surface area contributed by atoms with Crippen molar-refractivity contribution in [3.8, 4) is 5.69 Å². The van der Waals surface area contributed by atoms with Gasteiger partial charge in [-0.25, -0.2) is 0 Å². The number of fused-ring (bicyclic) bond motifs is 2. The minimum atomic E-state index is -0.321. The van der Waals surface area contributed by atoms with Crippen LogP contribution in [0.5, 0.6) is 0 Å². The van der Waals surface area contributed by atoms with Gasteiger partial charge in [0.25, 0.3) is 5.56 Å². The standard InChI is InChI=1S/C19H15N7O/c1-12-15-16(18(27)25(22-12)14-10-6-3-7-11-14)20-19-21-23-24-26(19)17(15)13-8-4-2-5-9-13/h2-11,17H,1H3,(H,20,21,24). The number of rotatable bonds is 2. The third kappa shape index (κ3) is 2.34. The van der Waals surface area contributed by atoms with E-state index in [1.807, 2.05) is 67.6 Å². The van der Waals surface area contributed by atoms with Gasteiger partial charge in [-0.15, -0.1) is 0 Å². The molecule has 0 fully saturated rings. The summed E-state index contributed by atoms with van der Waals surface area (Å²) in [6, 6.07) is 18.9. The summed E-state index contributed by atoms with van der Waals surface area (Å²) >= 11 is 0. The van der Waals surface area contributed by atoms with Crippen molar-refractivity contribution < 1.29 is 0 Å². The smallest absolute Gasteiger partial charge is 0.295 e. The number of anilines is 2. The number of hydrogen-bond donors (Lipinski definition) is 1. The maximum atomic E-state index is 13.2. The van der Waals surface area contributed by atoms with Crippen molar-refractivity contribution in [1.82, 2.24) is 30.0 Å². The summed E-state index contributed by atoms with van der Waals surface area (Å²) in [5.74, 6) is 0.429. The summed E-state index contributed by atoms with van der Waals surface area (Å²) in [7, 11) is 0. The van der Waals surface area contributed by atoms with Gasteiger partial charge in [-0.05, 0) is 35.0 Å². The second-order valence-electron chi connectivity index (χ2n) is 6.31. The van der Waals surface area contributed by atoms with Crippen molar-refractivity contribution in [2.45, 2.75) is 13.0 Å². The molecule has 0 spiro atoms. The average Bonchev–Trinajstić information content (AvgIpc) is 3.19. The van der Waals surface area contributed by atoms with Gasteiger partial charge < -0.3 is 5.32 Å². The Kier molecular flexibility index (Phi) is 3.36. The number of aryl methyl sites for hydroxylation is 1. The molecule has 0 saturated carbocycles. The van der Waals surface area contributed by atoms with Gasteiger partial charge in [0.2, 0.25) is 5.95 Å². The molecule has 2 aromatic carbocycles. The minimum absolute atomic E-state index is 0.239. The molecule has 2 aromatic heterocycles. The van der Waals surface area contributed by atoms with Crippen molar-refractivity contribution in [2.24, 2.45) is 0 Å². The number of aromatic nitrogens is 6. The highest BCUT2D eigenvalue weighted by atomic mass is 16.1. The molecule has 8 heteroatoms. The fraction of sp³-hybridized carbons (Fsp3) is 0.105. The van der Waals surface area contributed by atoms with Gasteiger partial charge in [-0.1, -0.05) is 53.6 Å². The molecule has 0 bridgehead atoms. The highest BCUT2D eigenvalue weighted by molar-refractivity contribution is 5.65. The van der Waals surface area contributed by atoms with Crippen LogP contribution in [0.4, 0.5) is 11.6 Å². The maximum absolute atomic E-state index is 13.2. The van der Waals surface area contributed by atoms with Crippen molar-refractivity contribution in [2.75, 3.05) is 5.32 Å². The van der Waals surface area contributed by atoms with Crippen molar-refractivity contribution >= 4 is 11.6 Å². The molecule has 1 N–H and O–H groups in total. The highest BCUT2D eigenvalue weighted by Crippen LogP contribution is 2.37. The summed E-state index contributed by atoms with van der Waals surface area (Å²) < 4.78 is 3.08. The number of benzene rings is 2. The van der Waals surface area contributed by atoms with E-state index in [2.05, 4.69) is 25.9 Å². The molecular weight excluding hydrogens is 342 g/mol.